The van der Waals surface area contributed by atoms with E-state index in [1.165, 1.54) is 11.1 Å². The highest BCUT2D eigenvalue weighted by Gasteiger charge is 2.18. The molecule has 0 spiro atoms. The molecule has 6 nitrogen and oxygen atoms in total. The fourth-order valence-electron chi connectivity index (χ4n) is 3.67. The summed E-state index contributed by atoms with van der Waals surface area (Å²) in [6.45, 7) is 9.95. The van der Waals surface area contributed by atoms with Gasteiger partial charge in [-0.3, -0.25) is 0 Å². The van der Waals surface area contributed by atoms with Gasteiger partial charge < -0.3 is 20.4 Å². The second-order valence-electron chi connectivity index (χ2n) is 8.04. The molecule has 0 radical (unpaired) electrons. The van der Waals surface area contributed by atoms with E-state index in [9.17, 15) is 0 Å². The van der Waals surface area contributed by atoms with Crippen molar-refractivity contribution in [1.82, 2.24) is 20.5 Å². The van der Waals surface area contributed by atoms with E-state index >= 15 is 0 Å². The summed E-state index contributed by atoms with van der Waals surface area (Å²) < 4.78 is 0. The molecule has 1 aromatic heterocycles. The van der Waals surface area contributed by atoms with Crippen LogP contribution in [0.25, 0.3) is 0 Å². The molecule has 0 bridgehead atoms. The summed E-state index contributed by atoms with van der Waals surface area (Å²) in [5, 5.41) is 6.95. The van der Waals surface area contributed by atoms with Crippen molar-refractivity contribution in [3.8, 4) is 0 Å². The van der Waals surface area contributed by atoms with Gasteiger partial charge in [-0.05, 0) is 45.4 Å². The zero-order valence-electron chi connectivity index (χ0n) is 19.1. The van der Waals surface area contributed by atoms with Gasteiger partial charge in [0.2, 0.25) is 0 Å². The molecular formula is C24H37IN6. The molecule has 2 heterocycles. The normalized spacial score (nSPS) is 15.8. The molecule has 2 N–H and O–H groups in total. The Morgan fingerprint density at radius 2 is 1.84 bits per heavy atom. The number of halogens is 1. The number of piperazine rings is 1. The lowest BCUT2D eigenvalue weighted by Gasteiger charge is -2.34. The molecule has 1 aliphatic heterocycles. The van der Waals surface area contributed by atoms with Crippen LogP contribution in [0.15, 0.2) is 53.7 Å². The summed E-state index contributed by atoms with van der Waals surface area (Å²) in [5.74, 6) is 1.94. The number of pyridine rings is 1. The number of rotatable bonds is 8. The van der Waals surface area contributed by atoms with Crippen LogP contribution in [0.3, 0.4) is 0 Å². The number of aryl methyl sites for hydroxylation is 1. The molecule has 3 rings (SSSR count). The number of guanidine groups is 1. The van der Waals surface area contributed by atoms with Crippen molar-refractivity contribution < 1.29 is 0 Å². The van der Waals surface area contributed by atoms with Crippen LogP contribution in [-0.2, 0) is 13.0 Å². The lowest BCUT2D eigenvalue weighted by Crippen LogP contribution is -2.45. The fourth-order valence-corrected chi connectivity index (χ4v) is 3.67. The molecule has 1 atom stereocenters. The third-order valence-electron chi connectivity index (χ3n) is 5.51. The number of nitrogens with one attached hydrogen (secondary N) is 2. The van der Waals surface area contributed by atoms with Gasteiger partial charge in [-0.1, -0.05) is 36.4 Å². The van der Waals surface area contributed by atoms with Gasteiger partial charge >= 0.3 is 0 Å². The van der Waals surface area contributed by atoms with Gasteiger partial charge in [0, 0.05) is 50.5 Å². The quantitative estimate of drug-likeness (QED) is 0.307. The molecule has 1 fully saturated rings. The summed E-state index contributed by atoms with van der Waals surface area (Å²) in [6, 6.07) is 15.1. The molecule has 0 saturated carbocycles. The molecule has 1 saturated heterocycles. The number of aliphatic imine (C=N–C) groups is 1. The summed E-state index contributed by atoms with van der Waals surface area (Å²) in [7, 11) is 2.17. The van der Waals surface area contributed by atoms with Crippen molar-refractivity contribution in [2.75, 3.05) is 44.7 Å². The van der Waals surface area contributed by atoms with Gasteiger partial charge in [-0.25, -0.2) is 9.98 Å². The van der Waals surface area contributed by atoms with Gasteiger partial charge in [0.1, 0.15) is 5.82 Å². The zero-order valence-corrected chi connectivity index (χ0v) is 21.4. The van der Waals surface area contributed by atoms with Crippen molar-refractivity contribution in [3.63, 3.8) is 0 Å². The summed E-state index contributed by atoms with van der Waals surface area (Å²) in [4.78, 5) is 14.3. The van der Waals surface area contributed by atoms with E-state index in [4.69, 9.17) is 4.99 Å². The minimum absolute atomic E-state index is 0. The predicted molar refractivity (Wildman–Crippen MR) is 142 cm³/mol. The molecule has 0 amide bonds. The second-order valence-corrected chi connectivity index (χ2v) is 8.04. The minimum atomic E-state index is 0. The summed E-state index contributed by atoms with van der Waals surface area (Å²) in [5.41, 5.74) is 2.55. The van der Waals surface area contributed by atoms with Crippen LogP contribution in [0, 0.1) is 0 Å². The van der Waals surface area contributed by atoms with E-state index in [2.05, 4.69) is 82.7 Å². The van der Waals surface area contributed by atoms with Crippen LogP contribution in [0.5, 0.6) is 0 Å². The first kappa shape index (κ1) is 25.4. The molecule has 170 valence electrons. The molecule has 1 aliphatic rings. The van der Waals surface area contributed by atoms with Crippen LogP contribution in [0.1, 0.15) is 31.4 Å². The molecule has 7 heteroatoms. The first-order chi connectivity index (χ1) is 14.7. The van der Waals surface area contributed by atoms with Gasteiger partial charge in [-0.15, -0.1) is 24.0 Å². The number of likely N-dealkylation sites (N-methyl/N-ethyl adjacent to an activating group) is 1. The lowest BCUT2D eigenvalue weighted by molar-refractivity contribution is 0.312. The first-order valence-electron chi connectivity index (χ1n) is 11.1. The average Bonchev–Trinajstić information content (AvgIpc) is 2.78. The lowest BCUT2D eigenvalue weighted by atomic mass is 10.1. The van der Waals surface area contributed by atoms with Crippen LogP contribution in [-0.4, -0.2) is 61.7 Å². The van der Waals surface area contributed by atoms with Gasteiger partial charge in [0.15, 0.2) is 5.96 Å². The van der Waals surface area contributed by atoms with Crippen LogP contribution in [0.4, 0.5) is 5.82 Å². The third-order valence-corrected chi connectivity index (χ3v) is 5.51. The highest BCUT2D eigenvalue weighted by atomic mass is 127. The smallest absolute Gasteiger partial charge is 0.191 e. The molecule has 2 aromatic rings. The standard InChI is InChI=1S/C24H36N6.HI/c1-4-25-24(28-20(2)12-13-21-9-6-5-7-10-21)27-19-22-11-8-14-26-23(22)30-17-15-29(3)16-18-30;/h5-11,14,20H,4,12-13,15-19H2,1-3H3,(H2,25,27,28);1H. The maximum Gasteiger partial charge on any atom is 0.191 e. The predicted octanol–water partition coefficient (Wildman–Crippen LogP) is 3.53. The van der Waals surface area contributed by atoms with E-state index in [0.717, 1.165) is 57.3 Å². The van der Waals surface area contributed by atoms with Crippen molar-refractivity contribution in [3.05, 3.63) is 59.8 Å². The average molecular weight is 537 g/mol. The molecular weight excluding hydrogens is 499 g/mol. The highest BCUT2D eigenvalue weighted by Crippen LogP contribution is 2.19. The Balaban J connectivity index is 0.00000341. The number of aromatic nitrogens is 1. The van der Waals surface area contributed by atoms with E-state index < -0.39 is 0 Å². The third kappa shape index (κ3) is 8.29. The molecule has 31 heavy (non-hydrogen) atoms. The Morgan fingerprint density at radius 1 is 1.10 bits per heavy atom. The minimum Gasteiger partial charge on any atom is -0.357 e. The van der Waals surface area contributed by atoms with Crippen molar-refractivity contribution in [2.45, 2.75) is 39.3 Å². The number of hydrogen-bond acceptors (Lipinski definition) is 4. The Labute approximate surface area is 204 Å². The molecule has 0 aliphatic carbocycles. The Hall–Kier alpha value is -1.87. The first-order valence-corrected chi connectivity index (χ1v) is 11.1. The number of hydrogen-bond donors (Lipinski definition) is 2. The molecule has 1 aromatic carbocycles. The highest BCUT2D eigenvalue weighted by molar-refractivity contribution is 14.0. The monoisotopic (exact) mass is 536 g/mol. The SMILES string of the molecule is CCNC(=NCc1cccnc1N1CCN(C)CC1)NC(C)CCc1ccccc1.I. The second kappa shape index (κ2) is 13.5. The van der Waals surface area contributed by atoms with Crippen LogP contribution >= 0.6 is 24.0 Å². The number of anilines is 1. The summed E-state index contributed by atoms with van der Waals surface area (Å²) >= 11 is 0. The number of benzene rings is 1. The Morgan fingerprint density at radius 3 is 2.55 bits per heavy atom. The van der Waals surface area contributed by atoms with Gasteiger partial charge in [-0.2, -0.15) is 0 Å². The van der Waals surface area contributed by atoms with Crippen molar-refractivity contribution in [1.29, 1.82) is 0 Å². The fraction of sp³-hybridized carbons (Fsp3) is 0.500. The maximum atomic E-state index is 4.87. The van der Waals surface area contributed by atoms with Crippen LogP contribution < -0.4 is 15.5 Å². The van der Waals surface area contributed by atoms with Crippen molar-refractivity contribution in [2.24, 2.45) is 4.99 Å². The van der Waals surface area contributed by atoms with Crippen molar-refractivity contribution >= 4 is 35.8 Å². The topological polar surface area (TPSA) is 55.8 Å². The van der Waals surface area contributed by atoms with E-state index in [-0.39, 0.29) is 24.0 Å². The van der Waals surface area contributed by atoms with E-state index in [1.807, 2.05) is 12.3 Å². The van der Waals surface area contributed by atoms with Gasteiger partial charge in [0.05, 0.1) is 6.54 Å². The Bertz CT molecular complexity index is 790. The molecule has 1 unspecified atom stereocenters. The maximum absolute atomic E-state index is 4.87. The number of nitrogens with zero attached hydrogens (tertiary/aromatic N) is 4. The van der Waals surface area contributed by atoms with Gasteiger partial charge in [0.25, 0.3) is 0 Å². The Kier molecular flexibility index (Phi) is 11.1. The van der Waals surface area contributed by atoms with E-state index in [0.29, 0.717) is 12.6 Å². The van der Waals surface area contributed by atoms with Crippen LogP contribution in [0.2, 0.25) is 0 Å². The van der Waals surface area contributed by atoms with E-state index in [1.54, 1.807) is 0 Å². The summed E-state index contributed by atoms with van der Waals surface area (Å²) in [6.07, 6.45) is 4.01. The zero-order chi connectivity index (χ0) is 21.2. The largest absolute Gasteiger partial charge is 0.357 e.